The lowest BCUT2D eigenvalue weighted by Crippen LogP contribution is -2.09. The topological polar surface area (TPSA) is 67.8 Å². The molecule has 158 valence electrons. The molecule has 0 saturated heterocycles. The van der Waals surface area contributed by atoms with E-state index < -0.39 is 11.7 Å². The third kappa shape index (κ3) is 3.74. The highest BCUT2D eigenvalue weighted by atomic mass is 32.1. The van der Waals surface area contributed by atoms with Crippen molar-refractivity contribution in [3.05, 3.63) is 93.2 Å². The summed E-state index contributed by atoms with van der Waals surface area (Å²) in [5, 5.41) is 14.3. The quantitative estimate of drug-likeness (QED) is 0.165. The molecule has 0 amide bonds. The minimum atomic E-state index is -0.456. The number of benzene rings is 3. The highest BCUT2D eigenvalue weighted by Crippen LogP contribution is 2.31. The molecule has 0 saturated carbocycles. The zero-order chi connectivity index (χ0) is 22.2. The second kappa shape index (κ2) is 8.13. The third-order valence-electron chi connectivity index (χ3n) is 5.60. The van der Waals surface area contributed by atoms with Crippen molar-refractivity contribution < 1.29 is 4.42 Å². The van der Waals surface area contributed by atoms with Crippen LogP contribution in [-0.2, 0) is 0 Å². The van der Waals surface area contributed by atoms with E-state index in [1.165, 1.54) is 22.5 Å². The van der Waals surface area contributed by atoms with Crippen LogP contribution >= 0.6 is 11.3 Å². The molecule has 2 aromatic heterocycles. The Hall–Kier alpha value is -3.64. The summed E-state index contributed by atoms with van der Waals surface area (Å²) in [6.07, 6.45) is 0. The highest BCUT2D eigenvalue weighted by molar-refractivity contribution is 7.13. The fraction of sp³-hybridized carbons (Fsp3) is 0.154. The molecule has 0 aliphatic heterocycles. The first kappa shape index (κ1) is 20.3. The number of thiazole rings is 1. The molecular weight excluding hydrogens is 418 g/mol. The van der Waals surface area contributed by atoms with Gasteiger partial charge in [-0.3, -0.25) is 0 Å². The normalized spacial score (nSPS) is 12.7. The molecule has 0 bridgehead atoms. The first-order valence-electron chi connectivity index (χ1n) is 10.4. The van der Waals surface area contributed by atoms with Crippen LogP contribution in [0.15, 0.2) is 85.5 Å². The van der Waals surface area contributed by atoms with Gasteiger partial charge in [-0.25, -0.2) is 9.78 Å². The number of fused-ring (bicyclic) bond motifs is 3. The summed E-state index contributed by atoms with van der Waals surface area (Å²) in [4.78, 5) is 17.2. The van der Waals surface area contributed by atoms with Crippen molar-refractivity contribution in [1.29, 1.82) is 0 Å². The van der Waals surface area contributed by atoms with E-state index in [0.717, 1.165) is 27.4 Å². The van der Waals surface area contributed by atoms with Crippen molar-refractivity contribution in [1.82, 2.24) is 4.98 Å². The second-order valence-electron chi connectivity index (χ2n) is 7.91. The highest BCUT2D eigenvalue weighted by Gasteiger charge is 2.14. The number of hydrogen-bond acceptors (Lipinski definition) is 6. The smallest absolute Gasteiger partial charge is 0.341 e. The van der Waals surface area contributed by atoms with Crippen LogP contribution in [-0.4, -0.2) is 4.98 Å². The molecule has 0 spiro atoms. The maximum atomic E-state index is 12.6. The molecule has 5 aromatic rings. The Kier molecular flexibility index (Phi) is 5.15. The number of rotatable bonds is 4. The first-order valence-corrected chi connectivity index (χ1v) is 11.3. The van der Waals surface area contributed by atoms with Gasteiger partial charge in [-0.2, -0.15) is 5.11 Å². The van der Waals surface area contributed by atoms with Gasteiger partial charge in [0, 0.05) is 16.3 Å². The van der Waals surface area contributed by atoms with Crippen LogP contribution < -0.4 is 5.63 Å². The zero-order valence-electron chi connectivity index (χ0n) is 18.0. The standard InChI is InChI=1S/C26H21N3O2S/c1-15-8-9-16(2)20(12-15)23-14-32-26(27-23)29-28-17(3)21-13-22-19-7-5-4-6-18(19)10-11-24(22)31-25(21)30/h4-14,17H,1-3H3. The Morgan fingerprint density at radius 2 is 1.84 bits per heavy atom. The van der Waals surface area contributed by atoms with E-state index in [1.54, 1.807) is 0 Å². The Balaban J connectivity index is 1.47. The third-order valence-corrected chi connectivity index (χ3v) is 6.32. The van der Waals surface area contributed by atoms with Gasteiger partial charge in [-0.05, 0) is 55.3 Å². The molecule has 3 aromatic carbocycles. The minimum absolute atomic E-state index is 0.394. The van der Waals surface area contributed by atoms with Gasteiger partial charge < -0.3 is 4.42 Å². The summed E-state index contributed by atoms with van der Waals surface area (Å²) in [6.45, 7) is 5.97. The maximum Gasteiger partial charge on any atom is 0.341 e. The van der Waals surface area contributed by atoms with E-state index >= 15 is 0 Å². The van der Waals surface area contributed by atoms with Crippen molar-refractivity contribution in [2.24, 2.45) is 10.2 Å². The van der Waals surface area contributed by atoms with E-state index in [4.69, 9.17) is 4.42 Å². The largest absolute Gasteiger partial charge is 0.422 e. The van der Waals surface area contributed by atoms with Crippen molar-refractivity contribution >= 4 is 38.2 Å². The molecular formula is C26H21N3O2S. The fourth-order valence-electron chi connectivity index (χ4n) is 3.82. The molecule has 2 heterocycles. The Morgan fingerprint density at radius 3 is 2.72 bits per heavy atom. The lowest BCUT2D eigenvalue weighted by Gasteiger charge is -2.07. The summed E-state index contributed by atoms with van der Waals surface area (Å²) in [7, 11) is 0. The van der Waals surface area contributed by atoms with E-state index in [0.29, 0.717) is 16.3 Å². The molecule has 32 heavy (non-hydrogen) atoms. The summed E-state index contributed by atoms with van der Waals surface area (Å²) < 4.78 is 5.59. The summed E-state index contributed by atoms with van der Waals surface area (Å²) >= 11 is 1.43. The molecule has 0 N–H and O–H groups in total. The Bertz CT molecular complexity index is 1550. The molecule has 6 heteroatoms. The van der Waals surface area contributed by atoms with Crippen molar-refractivity contribution in [3.8, 4) is 11.3 Å². The van der Waals surface area contributed by atoms with Crippen LogP contribution in [0.3, 0.4) is 0 Å². The Labute approximate surface area is 189 Å². The van der Waals surface area contributed by atoms with Gasteiger partial charge in [0.25, 0.3) is 0 Å². The fourth-order valence-corrected chi connectivity index (χ4v) is 4.46. The predicted octanol–water partition coefficient (Wildman–Crippen LogP) is 7.53. The average molecular weight is 440 g/mol. The van der Waals surface area contributed by atoms with Crippen molar-refractivity contribution in [2.45, 2.75) is 26.8 Å². The average Bonchev–Trinajstić information content (AvgIpc) is 3.27. The molecule has 0 radical (unpaired) electrons. The Morgan fingerprint density at radius 1 is 1.00 bits per heavy atom. The van der Waals surface area contributed by atoms with E-state index in [9.17, 15) is 4.79 Å². The second-order valence-corrected chi connectivity index (χ2v) is 8.75. The summed E-state index contributed by atoms with van der Waals surface area (Å²) in [6, 6.07) is 19.5. The molecule has 0 fully saturated rings. The lowest BCUT2D eigenvalue weighted by atomic mass is 10.0. The number of aryl methyl sites for hydroxylation is 2. The summed E-state index contributed by atoms with van der Waals surface area (Å²) in [5.41, 5.74) is 4.98. The van der Waals surface area contributed by atoms with Gasteiger partial charge >= 0.3 is 5.63 Å². The van der Waals surface area contributed by atoms with Gasteiger partial charge in [0.1, 0.15) is 11.6 Å². The molecule has 5 rings (SSSR count). The van der Waals surface area contributed by atoms with E-state index in [2.05, 4.69) is 47.3 Å². The van der Waals surface area contributed by atoms with Crippen LogP contribution in [0.2, 0.25) is 0 Å². The molecule has 1 unspecified atom stereocenters. The van der Waals surface area contributed by atoms with Crippen LogP contribution in [0, 0.1) is 13.8 Å². The lowest BCUT2D eigenvalue weighted by molar-refractivity contribution is 0.540. The van der Waals surface area contributed by atoms with Crippen LogP contribution in [0.4, 0.5) is 5.13 Å². The van der Waals surface area contributed by atoms with E-state index in [-0.39, 0.29) is 0 Å². The van der Waals surface area contributed by atoms with Crippen LogP contribution in [0.1, 0.15) is 29.7 Å². The van der Waals surface area contributed by atoms with Gasteiger partial charge in [0.15, 0.2) is 0 Å². The van der Waals surface area contributed by atoms with Crippen LogP contribution in [0.25, 0.3) is 33.0 Å². The first-order chi connectivity index (χ1) is 15.5. The number of aromatic nitrogens is 1. The number of azo groups is 1. The van der Waals surface area contributed by atoms with Gasteiger partial charge in [0.05, 0.1) is 11.3 Å². The van der Waals surface area contributed by atoms with Gasteiger partial charge in [-0.1, -0.05) is 48.0 Å². The molecule has 0 aliphatic carbocycles. The van der Waals surface area contributed by atoms with Crippen molar-refractivity contribution in [3.63, 3.8) is 0 Å². The van der Waals surface area contributed by atoms with Crippen LogP contribution in [0.5, 0.6) is 0 Å². The number of nitrogens with zero attached hydrogens (tertiary/aromatic N) is 3. The SMILES string of the molecule is Cc1ccc(C)c(-c2csc(N=NC(C)c3cc4c(ccc5ccccc54)oc3=O)n2)c1. The number of hydrogen-bond donors (Lipinski definition) is 0. The summed E-state index contributed by atoms with van der Waals surface area (Å²) in [5.74, 6) is 0. The molecule has 0 aliphatic rings. The maximum absolute atomic E-state index is 12.6. The molecule has 5 nitrogen and oxygen atoms in total. The minimum Gasteiger partial charge on any atom is -0.422 e. The predicted molar refractivity (Wildman–Crippen MR) is 130 cm³/mol. The molecule has 1 atom stereocenters. The zero-order valence-corrected chi connectivity index (χ0v) is 18.8. The van der Waals surface area contributed by atoms with E-state index in [1.807, 2.05) is 54.8 Å². The van der Waals surface area contributed by atoms with Gasteiger partial charge in [-0.15, -0.1) is 16.5 Å². The van der Waals surface area contributed by atoms with Gasteiger partial charge in [0.2, 0.25) is 5.13 Å². The monoisotopic (exact) mass is 439 g/mol. The van der Waals surface area contributed by atoms with Crippen molar-refractivity contribution in [2.75, 3.05) is 0 Å².